The molecule has 0 bridgehead atoms. The molecule has 1 atom stereocenters. The molecule has 0 saturated heterocycles. The third kappa shape index (κ3) is 5.18. The summed E-state index contributed by atoms with van der Waals surface area (Å²) in [5.41, 5.74) is 3.49. The van der Waals surface area contributed by atoms with Crippen molar-refractivity contribution < 1.29 is 19.0 Å². The summed E-state index contributed by atoms with van der Waals surface area (Å²) < 4.78 is 17.9. The summed E-state index contributed by atoms with van der Waals surface area (Å²) in [6.45, 7) is 4.85. The fourth-order valence-corrected chi connectivity index (χ4v) is 2.99. The molecule has 0 saturated carbocycles. The summed E-state index contributed by atoms with van der Waals surface area (Å²) in [5.74, 6) is 1.11. The van der Waals surface area contributed by atoms with Crippen LogP contribution in [-0.4, -0.2) is 43.1 Å². The van der Waals surface area contributed by atoms with Crippen molar-refractivity contribution in [2.24, 2.45) is 0 Å². The Morgan fingerprint density at radius 3 is 2.50 bits per heavy atom. The average Bonchev–Trinajstić information content (AvgIpc) is 3.20. The van der Waals surface area contributed by atoms with Crippen molar-refractivity contribution in [2.75, 3.05) is 27.4 Å². The zero-order valence-corrected chi connectivity index (χ0v) is 17.7. The van der Waals surface area contributed by atoms with Crippen LogP contribution in [0.3, 0.4) is 0 Å². The van der Waals surface area contributed by atoms with Gasteiger partial charge in [-0.2, -0.15) is 5.10 Å². The summed E-state index contributed by atoms with van der Waals surface area (Å²) in [7, 11) is 3.22. The Hall–Kier alpha value is -3.32. The lowest BCUT2D eigenvalue weighted by Crippen LogP contribution is -2.26. The van der Waals surface area contributed by atoms with E-state index < -0.39 is 0 Å². The molecular weight excluding hydrogens is 382 g/mol. The van der Waals surface area contributed by atoms with E-state index in [2.05, 4.69) is 10.4 Å². The smallest absolute Gasteiger partial charge is 0.251 e. The highest BCUT2D eigenvalue weighted by atomic mass is 16.5. The van der Waals surface area contributed by atoms with Gasteiger partial charge in [-0.3, -0.25) is 4.79 Å². The summed E-state index contributed by atoms with van der Waals surface area (Å²) in [6.07, 6.45) is 3.73. The molecule has 1 heterocycles. The van der Waals surface area contributed by atoms with Gasteiger partial charge in [0.15, 0.2) is 11.5 Å². The van der Waals surface area contributed by atoms with Gasteiger partial charge in [0.25, 0.3) is 5.91 Å². The van der Waals surface area contributed by atoms with E-state index in [1.54, 1.807) is 37.2 Å². The second-order valence-corrected chi connectivity index (χ2v) is 6.96. The lowest BCUT2D eigenvalue weighted by Gasteiger charge is -2.17. The van der Waals surface area contributed by atoms with Gasteiger partial charge in [0.1, 0.15) is 6.61 Å². The number of nitrogens with one attached hydrogen (secondary N) is 1. The molecule has 0 aliphatic carbocycles. The molecule has 0 aliphatic rings. The Morgan fingerprint density at radius 1 is 1.10 bits per heavy atom. The quantitative estimate of drug-likeness (QED) is 0.546. The van der Waals surface area contributed by atoms with E-state index >= 15 is 0 Å². The lowest BCUT2D eigenvalue weighted by molar-refractivity contribution is 0.0940. The number of amides is 1. The van der Waals surface area contributed by atoms with Crippen LogP contribution in [0, 0.1) is 6.92 Å². The van der Waals surface area contributed by atoms with E-state index in [0.717, 1.165) is 16.8 Å². The van der Waals surface area contributed by atoms with Gasteiger partial charge in [-0.25, -0.2) is 4.68 Å². The van der Waals surface area contributed by atoms with Gasteiger partial charge in [0.05, 0.1) is 31.6 Å². The van der Waals surface area contributed by atoms with Gasteiger partial charge >= 0.3 is 0 Å². The largest absolute Gasteiger partial charge is 0.493 e. The molecule has 0 radical (unpaired) electrons. The Labute approximate surface area is 176 Å². The number of rotatable bonds is 9. The van der Waals surface area contributed by atoms with Crippen LogP contribution in [0.5, 0.6) is 11.5 Å². The van der Waals surface area contributed by atoms with Gasteiger partial charge in [-0.15, -0.1) is 0 Å². The van der Waals surface area contributed by atoms with Crippen molar-refractivity contribution in [3.8, 4) is 17.2 Å². The highest BCUT2D eigenvalue weighted by Gasteiger charge is 2.14. The number of carbonyl (C=O) groups is 1. The molecule has 1 unspecified atom stereocenters. The average molecular weight is 409 g/mol. The van der Waals surface area contributed by atoms with E-state index in [-0.39, 0.29) is 11.9 Å². The predicted molar refractivity (Wildman–Crippen MR) is 115 cm³/mol. The van der Waals surface area contributed by atoms with Gasteiger partial charge in [-0.1, -0.05) is 6.07 Å². The number of methoxy groups -OCH3 is 2. The first-order valence-electron chi connectivity index (χ1n) is 9.74. The minimum Gasteiger partial charge on any atom is -0.493 e. The van der Waals surface area contributed by atoms with Crippen LogP contribution < -0.4 is 14.8 Å². The Balaban J connectivity index is 1.66. The predicted octanol–water partition coefficient (Wildman–Crippen LogP) is 3.71. The maximum Gasteiger partial charge on any atom is 0.251 e. The SMILES string of the molecule is COCCOc1ccc(C(C)NC(=O)c2ccc(-n3cc(C)cn3)cc2)cc1OC. The summed E-state index contributed by atoms with van der Waals surface area (Å²) >= 11 is 0. The van der Waals surface area contributed by atoms with E-state index in [0.29, 0.717) is 30.3 Å². The minimum absolute atomic E-state index is 0.148. The van der Waals surface area contributed by atoms with Crippen LogP contribution in [0.1, 0.15) is 34.5 Å². The molecule has 7 nitrogen and oxygen atoms in total. The number of benzene rings is 2. The second-order valence-electron chi connectivity index (χ2n) is 6.96. The van der Waals surface area contributed by atoms with Crippen LogP contribution in [0.15, 0.2) is 54.9 Å². The van der Waals surface area contributed by atoms with E-state index in [1.807, 2.05) is 50.4 Å². The maximum atomic E-state index is 12.7. The number of aromatic nitrogens is 2. The number of ether oxygens (including phenoxy) is 3. The molecule has 3 aromatic rings. The Morgan fingerprint density at radius 2 is 1.87 bits per heavy atom. The molecular formula is C23H27N3O4. The maximum absolute atomic E-state index is 12.7. The van der Waals surface area contributed by atoms with E-state index in [9.17, 15) is 4.79 Å². The van der Waals surface area contributed by atoms with Crippen LogP contribution in [-0.2, 0) is 4.74 Å². The first kappa shape index (κ1) is 21.4. The number of hydrogen-bond acceptors (Lipinski definition) is 5. The second kappa shape index (κ2) is 9.93. The molecule has 0 aliphatic heterocycles. The first-order valence-corrected chi connectivity index (χ1v) is 9.74. The van der Waals surface area contributed by atoms with Crippen LogP contribution in [0.25, 0.3) is 5.69 Å². The van der Waals surface area contributed by atoms with Gasteiger partial charge in [0, 0.05) is 18.9 Å². The first-order chi connectivity index (χ1) is 14.5. The summed E-state index contributed by atoms with van der Waals surface area (Å²) in [5, 5.41) is 7.30. The molecule has 0 fully saturated rings. The van der Waals surface area contributed by atoms with Crippen molar-refractivity contribution in [3.05, 3.63) is 71.5 Å². The molecule has 158 valence electrons. The zero-order valence-electron chi connectivity index (χ0n) is 17.7. The Bertz CT molecular complexity index is 982. The van der Waals surface area contributed by atoms with Crippen molar-refractivity contribution in [1.29, 1.82) is 0 Å². The number of aryl methyl sites for hydroxylation is 1. The van der Waals surface area contributed by atoms with Crippen molar-refractivity contribution in [2.45, 2.75) is 19.9 Å². The highest BCUT2D eigenvalue weighted by Crippen LogP contribution is 2.30. The van der Waals surface area contributed by atoms with Crippen molar-refractivity contribution in [3.63, 3.8) is 0 Å². The minimum atomic E-state index is -0.201. The standard InChI is InChI=1S/C23H27N3O4/c1-16-14-24-26(15-16)20-8-5-18(6-9-20)23(27)25-17(2)19-7-10-21(22(13-19)29-4)30-12-11-28-3/h5-10,13-15,17H,11-12H2,1-4H3,(H,25,27). The van der Waals surface area contributed by atoms with Crippen LogP contribution in [0.4, 0.5) is 0 Å². The summed E-state index contributed by atoms with van der Waals surface area (Å²) in [4.78, 5) is 12.7. The fraction of sp³-hybridized carbons (Fsp3) is 0.304. The van der Waals surface area contributed by atoms with E-state index in [4.69, 9.17) is 14.2 Å². The topological polar surface area (TPSA) is 74.6 Å². The molecule has 1 aromatic heterocycles. The fourth-order valence-electron chi connectivity index (χ4n) is 2.99. The highest BCUT2D eigenvalue weighted by molar-refractivity contribution is 5.94. The third-order valence-corrected chi connectivity index (χ3v) is 4.69. The monoisotopic (exact) mass is 409 g/mol. The molecule has 1 N–H and O–H groups in total. The lowest BCUT2D eigenvalue weighted by atomic mass is 10.1. The normalized spacial score (nSPS) is 11.7. The number of hydrogen-bond donors (Lipinski definition) is 1. The number of carbonyl (C=O) groups excluding carboxylic acids is 1. The molecule has 30 heavy (non-hydrogen) atoms. The zero-order chi connectivity index (χ0) is 21.5. The molecule has 3 rings (SSSR count). The molecule has 1 amide bonds. The molecule has 2 aromatic carbocycles. The molecule has 0 spiro atoms. The third-order valence-electron chi connectivity index (χ3n) is 4.69. The van der Waals surface area contributed by atoms with Gasteiger partial charge in [0.2, 0.25) is 0 Å². The summed E-state index contributed by atoms with van der Waals surface area (Å²) in [6, 6.07) is 12.8. The Kier molecular flexibility index (Phi) is 7.08. The van der Waals surface area contributed by atoms with Crippen LogP contribution >= 0.6 is 0 Å². The van der Waals surface area contributed by atoms with Gasteiger partial charge < -0.3 is 19.5 Å². The van der Waals surface area contributed by atoms with E-state index in [1.165, 1.54) is 0 Å². The van der Waals surface area contributed by atoms with Crippen molar-refractivity contribution in [1.82, 2.24) is 15.1 Å². The molecule has 7 heteroatoms. The number of nitrogens with zero attached hydrogens (tertiary/aromatic N) is 2. The van der Waals surface area contributed by atoms with Crippen LogP contribution in [0.2, 0.25) is 0 Å². The van der Waals surface area contributed by atoms with Crippen molar-refractivity contribution >= 4 is 5.91 Å². The van der Waals surface area contributed by atoms with Gasteiger partial charge in [-0.05, 0) is 61.4 Å².